The van der Waals surface area contributed by atoms with Gasteiger partial charge in [-0.3, -0.25) is 9.59 Å². The molecule has 184 valence electrons. The zero-order valence-corrected chi connectivity index (χ0v) is 19.9. The zero-order valence-electron chi connectivity index (χ0n) is 19.1. The number of thioether (sulfide) groups is 1. The number of amides is 2. The first kappa shape index (κ1) is 25.9. The minimum absolute atomic E-state index is 0.0442. The number of benzene rings is 2. The molecule has 0 aliphatic heterocycles. The maximum atomic E-state index is 12.8. The lowest BCUT2D eigenvalue weighted by molar-refractivity contribution is -0.153. The van der Waals surface area contributed by atoms with E-state index in [1.165, 1.54) is 30.3 Å². The van der Waals surface area contributed by atoms with Gasteiger partial charge in [0.2, 0.25) is 5.91 Å². The molecule has 2 amide bonds. The zero-order chi connectivity index (χ0) is 24.6. The highest BCUT2D eigenvalue weighted by Gasteiger charge is 2.28. The number of carbonyl (C=O) groups is 2. The number of alkyl halides is 3. The Morgan fingerprint density at radius 2 is 1.82 bits per heavy atom. The summed E-state index contributed by atoms with van der Waals surface area (Å²) in [7, 11) is 1.85. The average molecular weight is 495 g/mol. The van der Waals surface area contributed by atoms with Crippen LogP contribution in [0, 0.1) is 0 Å². The van der Waals surface area contributed by atoms with Gasteiger partial charge in [-0.1, -0.05) is 43.5 Å². The molecule has 1 aliphatic carbocycles. The van der Waals surface area contributed by atoms with E-state index in [2.05, 4.69) is 5.32 Å². The molecule has 0 bridgehead atoms. The largest absolute Gasteiger partial charge is 0.484 e. The Labute approximate surface area is 202 Å². The topological polar surface area (TPSA) is 58.6 Å². The summed E-state index contributed by atoms with van der Waals surface area (Å²) in [4.78, 5) is 28.0. The first-order valence-electron chi connectivity index (χ1n) is 11.3. The molecule has 3 rings (SSSR count). The van der Waals surface area contributed by atoms with Crippen LogP contribution in [0.2, 0.25) is 0 Å². The van der Waals surface area contributed by atoms with E-state index in [4.69, 9.17) is 4.74 Å². The second-order valence-electron chi connectivity index (χ2n) is 8.32. The second kappa shape index (κ2) is 12.1. The van der Waals surface area contributed by atoms with Gasteiger partial charge in [0.1, 0.15) is 5.75 Å². The Balaban J connectivity index is 1.55. The second-order valence-corrected chi connectivity index (χ2v) is 9.33. The summed E-state index contributed by atoms with van der Waals surface area (Å²) in [5.74, 6) is 0.0526. The van der Waals surface area contributed by atoms with E-state index in [9.17, 15) is 22.8 Å². The summed E-state index contributed by atoms with van der Waals surface area (Å²) >= 11 is 1.33. The Bertz CT molecular complexity index is 978. The number of hydrogen-bond acceptors (Lipinski definition) is 4. The monoisotopic (exact) mass is 494 g/mol. The lowest BCUT2D eigenvalue weighted by atomic mass is 9.94. The molecule has 0 saturated heterocycles. The lowest BCUT2D eigenvalue weighted by Crippen LogP contribution is -2.39. The molecule has 1 fully saturated rings. The molecule has 0 unspecified atom stereocenters. The Morgan fingerprint density at radius 1 is 1.09 bits per heavy atom. The summed E-state index contributed by atoms with van der Waals surface area (Å²) in [6.45, 7) is -1.24. The smallest absolute Gasteiger partial charge is 0.422 e. The van der Waals surface area contributed by atoms with E-state index in [0.29, 0.717) is 16.0 Å². The van der Waals surface area contributed by atoms with Crippen LogP contribution in [0.4, 0.5) is 13.2 Å². The van der Waals surface area contributed by atoms with Crippen molar-refractivity contribution in [2.75, 3.05) is 19.4 Å². The van der Waals surface area contributed by atoms with Crippen LogP contribution in [0.3, 0.4) is 0 Å². The molecule has 9 heteroatoms. The van der Waals surface area contributed by atoms with E-state index < -0.39 is 12.8 Å². The minimum Gasteiger partial charge on any atom is -0.484 e. The van der Waals surface area contributed by atoms with Crippen LogP contribution < -0.4 is 10.1 Å². The highest BCUT2D eigenvalue weighted by Crippen LogP contribution is 2.26. The van der Waals surface area contributed by atoms with Crippen molar-refractivity contribution in [2.45, 2.75) is 55.8 Å². The molecule has 5 nitrogen and oxygen atoms in total. The maximum Gasteiger partial charge on any atom is 0.422 e. The lowest BCUT2D eigenvalue weighted by Gasteiger charge is -2.31. The number of nitrogens with zero attached hydrogens (tertiary/aromatic N) is 1. The molecule has 1 saturated carbocycles. The van der Waals surface area contributed by atoms with Gasteiger partial charge in [0.25, 0.3) is 5.91 Å². The van der Waals surface area contributed by atoms with Gasteiger partial charge < -0.3 is 15.0 Å². The van der Waals surface area contributed by atoms with E-state index in [1.54, 1.807) is 30.3 Å². The van der Waals surface area contributed by atoms with Crippen LogP contribution in [0.1, 0.15) is 48.0 Å². The van der Waals surface area contributed by atoms with E-state index >= 15 is 0 Å². The minimum atomic E-state index is -4.42. The SMILES string of the molecule is CN(C(=O)CSc1ccccc1C(=O)NCc1cccc(OCC(F)(F)F)c1)C1CCCCC1. The predicted molar refractivity (Wildman–Crippen MR) is 126 cm³/mol. The molecule has 1 N–H and O–H groups in total. The first-order chi connectivity index (χ1) is 16.2. The van der Waals surface area contributed by atoms with Gasteiger partial charge in [-0.2, -0.15) is 13.2 Å². The van der Waals surface area contributed by atoms with Gasteiger partial charge in [0.15, 0.2) is 6.61 Å². The van der Waals surface area contributed by atoms with Gasteiger partial charge in [-0.05, 0) is 42.7 Å². The Hall–Kier alpha value is -2.68. The van der Waals surface area contributed by atoms with E-state index in [1.807, 2.05) is 18.0 Å². The predicted octanol–water partition coefficient (Wildman–Crippen LogP) is 5.44. The van der Waals surface area contributed by atoms with Crippen LogP contribution in [0.5, 0.6) is 5.75 Å². The summed E-state index contributed by atoms with van der Waals surface area (Å²) < 4.78 is 41.9. The maximum absolute atomic E-state index is 12.8. The van der Waals surface area contributed by atoms with Gasteiger partial charge in [-0.25, -0.2) is 0 Å². The van der Waals surface area contributed by atoms with Crippen molar-refractivity contribution < 1.29 is 27.5 Å². The summed E-state index contributed by atoms with van der Waals surface area (Å²) in [5.41, 5.74) is 1.06. The molecule has 0 radical (unpaired) electrons. The number of nitrogens with one attached hydrogen (secondary N) is 1. The Kier molecular flexibility index (Phi) is 9.27. The summed E-state index contributed by atoms with van der Waals surface area (Å²) in [6, 6.07) is 13.5. The van der Waals surface area contributed by atoms with Crippen molar-refractivity contribution in [3.63, 3.8) is 0 Å². The molecule has 0 atom stereocenters. The first-order valence-corrected chi connectivity index (χ1v) is 12.3. The van der Waals surface area contributed by atoms with Crippen molar-refractivity contribution >= 4 is 23.6 Å². The molecule has 0 aromatic heterocycles. The van der Waals surface area contributed by atoms with Gasteiger partial charge in [0, 0.05) is 24.5 Å². The highest BCUT2D eigenvalue weighted by atomic mass is 32.2. The number of hydrogen-bond donors (Lipinski definition) is 1. The Morgan fingerprint density at radius 3 is 2.56 bits per heavy atom. The fraction of sp³-hybridized carbons (Fsp3) is 0.440. The molecule has 2 aromatic carbocycles. The average Bonchev–Trinajstić information content (AvgIpc) is 2.84. The molecule has 0 heterocycles. The number of halogens is 3. The molecule has 1 aliphatic rings. The van der Waals surface area contributed by atoms with Crippen LogP contribution in [0.15, 0.2) is 53.4 Å². The van der Waals surface area contributed by atoms with Crippen molar-refractivity contribution in [2.24, 2.45) is 0 Å². The third kappa shape index (κ3) is 7.97. The molecular weight excluding hydrogens is 465 g/mol. The summed E-state index contributed by atoms with van der Waals surface area (Å²) in [6.07, 6.45) is 1.17. The van der Waals surface area contributed by atoms with E-state index in [-0.39, 0.29) is 35.9 Å². The van der Waals surface area contributed by atoms with Crippen LogP contribution >= 0.6 is 11.8 Å². The fourth-order valence-corrected chi connectivity index (χ4v) is 4.85. The third-order valence-electron chi connectivity index (χ3n) is 5.75. The molecule has 34 heavy (non-hydrogen) atoms. The molecular formula is C25H29F3N2O3S. The van der Waals surface area contributed by atoms with E-state index in [0.717, 1.165) is 25.7 Å². The van der Waals surface area contributed by atoms with Crippen molar-refractivity contribution in [1.29, 1.82) is 0 Å². The number of rotatable bonds is 9. The standard InChI is InChI=1S/C25H29F3N2O3S/c1-30(19-9-3-2-4-10-19)23(31)16-34-22-13-6-5-12-21(22)24(32)29-15-18-8-7-11-20(14-18)33-17-25(26,27)28/h5-8,11-14,19H,2-4,9-10,15-17H2,1H3,(H,29,32). The molecule has 2 aromatic rings. The third-order valence-corrected chi connectivity index (χ3v) is 6.81. The van der Waals surface area contributed by atoms with Crippen LogP contribution in [0.25, 0.3) is 0 Å². The van der Waals surface area contributed by atoms with Crippen molar-refractivity contribution in [3.8, 4) is 5.75 Å². The quantitative estimate of drug-likeness (QED) is 0.472. The number of ether oxygens (including phenoxy) is 1. The van der Waals surface area contributed by atoms with Crippen molar-refractivity contribution in [1.82, 2.24) is 10.2 Å². The van der Waals surface area contributed by atoms with Crippen molar-refractivity contribution in [3.05, 3.63) is 59.7 Å². The van der Waals surface area contributed by atoms with Crippen LogP contribution in [-0.2, 0) is 11.3 Å². The highest BCUT2D eigenvalue weighted by molar-refractivity contribution is 8.00. The summed E-state index contributed by atoms with van der Waals surface area (Å²) in [5, 5.41) is 2.79. The molecule has 0 spiro atoms. The fourth-order valence-electron chi connectivity index (χ4n) is 3.88. The number of carbonyl (C=O) groups excluding carboxylic acids is 2. The normalized spacial score (nSPS) is 14.5. The van der Waals surface area contributed by atoms with Crippen LogP contribution in [-0.4, -0.2) is 48.3 Å². The van der Waals surface area contributed by atoms with Gasteiger partial charge in [0.05, 0.1) is 11.3 Å². The van der Waals surface area contributed by atoms with Gasteiger partial charge >= 0.3 is 6.18 Å². The van der Waals surface area contributed by atoms with Gasteiger partial charge in [-0.15, -0.1) is 11.8 Å².